The molecule has 0 atom stereocenters. The summed E-state index contributed by atoms with van der Waals surface area (Å²) < 4.78 is 6.22. The summed E-state index contributed by atoms with van der Waals surface area (Å²) in [7, 11) is 0. The summed E-state index contributed by atoms with van der Waals surface area (Å²) in [5.74, 6) is 0.0768. The molecule has 3 aromatic rings. The Labute approximate surface area is 188 Å². The molecule has 2 amide bonds. The van der Waals surface area contributed by atoms with Crippen molar-refractivity contribution in [3.05, 3.63) is 86.8 Å². The Morgan fingerprint density at radius 3 is 2.27 bits per heavy atom. The van der Waals surface area contributed by atoms with E-state index < -0.39 is 0 Å². The predicted molar refractivity (Wildman–Crippen MR) is 124 cm³/mol. The minimum absolute atomic E-state index is 0.134. The quantitative estimate of drug-likeness (QED) is 0.449. The Kier molecular flexibility index (Phi) is 7.13. The molecule has 0 unspecified atom stereocenters. The van der Waals surface area contributed by atoms with Gasteiger partial charge in [0.05, 0.1) is 5.69 Å². The highest BCUT2D eigenvalue weighted by molar-refractivity contribution is 9.10. The van der Waals surface area contributed by atoms with Gasteiger partial charge in [0.1, 0.15) is 5.75 Å². The van der Waals surface area contributed by atoms with Gasteiger partial charge in [-0.25, -0.2) is 0 Å². The van der Waals surface area contributed by atoms with E-state index in [9.17, 15) is 9.59 Å². The second-order valence-electron chi connectivity index (χ2n) is 6.72. The first kappa shape index (κ1) is 21.9. The van der Waals surface area contributed by atoms with Crippen LogP contribution in [0.3, 0.4) is 0 Å². The summed E-state index contributed by atoms with van der Waals surface area (Å²) in [4.78, 5) is 24.5. The summed E-state index contributed by atoms with van der Waals surface area (Å²) in [6.07, 6.45) is 0. The molecule has 0 saturated carbocycles. The van der Waals surface area contributed by atoms with Crippen molar-refractivity contribution in [2.75, 3.05) is 17.2 Å². The lowest BCUT2D eigenvalue weighted by atomic mass is 10.1. The van der Waals surface area contributed by atoms with Crippen LogP contribution in [-0.4, -0.2) is 18.4 Å². The van der Waals surface area contributed by atoms with Crippen LogP contribution in [0.1, 0.15) is 21.5 Å². The van der Waals surface area contributed by atoms with Crippen LogP contribution in [0.4, 0.5) is 11.4 Å². The Morgan fingerprint density at radius 2 is 1.63 bits per heavy atom. The van der Waals surface area contributed by atoms with E-state index in [1.54, 1.807) is 54.6 Å². The summed E-state index contributed by atoms with van der Waals surface area (Å²) >= 11 is 9.57. The first-order chi connectivity index (χ1) is 14.3. The molecule has 0 radical (unpaired) electrons. The topological polar surface area (TPSA) is 67.4 Å². The van der Waals surface area contributed by atoms with E-state index in [1.165, 1.54) is 0 Å². The van der Waals surface area contributed by atoms with Crippen molar-refractivity contribution < 1.29 is 14.3 Å². The van der Waals surface area contributed by atoms with Crippen LogP contribution in [-0.2, 0) is 4.79 Å². The largest absolute Gasteiger partial charge is 0.484 e. The average molecular weight is 488 g/mol. The molecular weight excluding hydrogens is 468 g/mol. The van der Waals surface area contributed by atoms with Crippen molar-refractivity contribution in [3.63, 3.8) is 0 Å². The first-order valence-electron chi connectivity index (χ1n) is 9.19. The van der Waals surface area contributed by atoms with E-state index in [0.29, 0.717) is 32.2 Å². The van der Waals surface area contributed by atoms with E-state index >= 15 is 0 Å². The zero-order valence-corrected chi connectivity index (χ0v) is 18.8. The van der Waals surface area contributed by atoms with Crippen molar-refractivity contribution in [2.24, 2.45) is 0 Å². The number of nitrogens with one attached hydrogen (secondary N) is 2. The number of rotatable bonds is 6. The minimum atomic E-state index is -0.298. The van der Waals surface area contributed by atoms with Crippen LogP contribution in [0.2, 0.25) is 5.02 Å². The molecule has 0 aliphatic rings. The summed E-state index contributed by atoms with van der Waals surface area (Å²) in [5.41, 5.74) is 3.53. The molecule has 0 aliphatic heterocycles. The van der Waals surface area contributed by atoms with Crippen molar-refractivity contribution in [1.29, 1.82) is 0 Å². The van der Waals surface area contributed by atoms with Crippen LogP contribution >= 0.6 is 27.5 Å². The number of hydrogen-bond donors (Lipinski definition) is 2. The lowest BCUT2D eigenvalue weighted by Crippen LogP contribution is -2.20. The van der Waals surface area contributed by atoms with E-state index in [0.717, 1.165) is 11.1 Å². The molecule has 3 rings (SSSR count). The van der Waals surface area contributed by atoms with Gasteiger partial charge in [-0.1, -0.05) is 29.8 Å². The molecule has 154 valence electrons. The van der Waals surface area contributed by atoms with Gasteiger partial charge in [0.25, 0.3) is 11.8 Å². The average Bonchev–Trinajstić information content (AvgIpc) is 2.73. The molecule has 2 N–H and O–H groups in total. The molecule has 3 aromatic carbocycles. The van der Waals surface area contributed by atoms with Gasteiger partial charge >= 0.3 is 0 Å². The molecule has 0 saturated heterocycles. The van der Waals surface area contributed by atoms with Crippen molar-refractivity contribution in [3.8, 4) is 5.75 Å². The maximum Gasteiger partial charge on any atom is 0.262 e. The smallest absolute Gasteiger partial charge is 0.262 e. The van der Waals surface area contributed by atoms with Gasteiger partial charge in [0.15, 0.2) is 6.61 Å². The van der Waals surface area contributed by atoms with Gasteiger partial charge in [-0.3, -0.25) is 9.59 Å². The standard InChI is InChI=1S/C23H20BrClN2O3/c1-14-10-18(11-15(2)22(14)25)30-13-21(28)26-17-8-9-20(19(24)12-17)27-23(29)16-6-4-3-5-7-16/h3-12H,13H2,1-2H3,(H,26,28)(H,27,29). The van der Waals surface area contributed by atoms with Gasteiger partial charge in [0, 0.05) is 20.7 Å². The Bertz CT molecular complexity index is 1060. The Hall–Kier alpha value is -2.83. The summed E-state index contributed by atoms with van der Waals surface area (Å²) in [6.45, 7) is 3.64. The predicted octanol–water partition coefficient (Wildman–Crippen LogP) is 5.99. The van der Waals surface area contributed by atoms with Gasteiger partial charge < -0.3 is 15.4 Å². The van der Waals surface area contributed by atoms with Crippen LogP contribution in [0.15, 0.2) is 65.1 Å². The lowest BCUT2D eigenvalue weighted by Gasteiger charge is -2.12. The maximum atomic E-state index is 12.3. The van der Waals surface area contributed by atoms with Gasteiger partial charge in [-0.05, 0) is 83.4 Å². The third kappa shape index (κ3) is 5.62. The van der Waals surface area contributed by atoms with Crippen LogP contribution in [0, 0.1) is 13.8 Å². The van der Waals surface area contributed by atoms with Gasteiger partial charge in [0.2, 0.25) is 0 Å². The number of carbonyl (C=O) groups excluding carboxylic acids is 2. The number of halogens is 2. The van der Waals surface area contributed by atoms with Crippen molar-refractivity contribution in [2.45, 2.75) is 13.8 Å². The van der Waals surface area contributed by atoms with Crippen LogP contribution in [0.5, 0.6) is 5.75 Å². The normalized spacial score (nSPS) is 10.4. The molecule has 0 heterocycles. The number of amides is 2. The van der Waals surface area contributed by atoms with Crippen molar-refractivity contribution >= 4 is 50.7 Å². The molecule has 5 nitrogen and oxygen atoms in total. The fourth-order valence-corrected chi connectivity index (χ4v) is 3.40. The monoisotopic (exact) mass is 486 g/mol. The zero-order chi connectivity index (χ0) is 21.7. The van der Waals surface area contributed by atoms with E-state index in [1.807, 2.05) is 19.9 Å². The fourth-order valence-electron chi connectivity index (χ4n) is 2.81. The molecule has 0 fully saturated rings. The Morgan fingerprint density at radius 1 is 0.967 bits per heavy atom. The third-order valence-corrected chi connectivity index (χ3v) is 5.57. The fraction of sp³-hybridized carbons (Fsp3) is 0.130. The van der Waals surface area contributed by atoms with Crippen molar-refractivity contribution in [1.82, 2.24) is 0 Å². The molecule has 0 aliphatic carbocycles. The van der Waals surface area contributed by atoms with E-state index in [2.05, 4.69) is 26.6 Å². The van der Waals surface area contributed by atoms with E-state index in [4.69, 9.17) is 16.3 Å². The number of anilines is 2. The van der Waals surface area contributed by atoms with E-state index in [-0.39, 0.29) is 18.4 Å². The molecule has 0 aromatic heterocycles. The summed E-state index contributed by atoms with van der Waals surface area (Å²) in [6, 6.07) is 17.7. The molecule has 7 heteroatoms. The number of ether oxygens (including phenoxy) is 1. The highest BCUT2D eigenvalue weighted by Gasteiger charge is 2.11. The highest BCUT2D eigenvalue weighted by Crippen LogP contribution is 2.27. The van der Waals surface area contributed by atoms with Crippen LogP contribution in [0.25, 0.3) is 0 Å². The second kappa shape index (κ2) is 9.78. The first-order valence-corrected chi connectivity index (χ1v) is 10.4. The van der Waals surface area contributed by atoms with Gasteiger partial charge in [-0.15, -0.1) is 0 Å². The second-order valence-corrected chi connectivity index (χ2v) is 7.95. The minimum Gasteiger partial charge on any atom is -0.484 e. The number of carbonyl (C=O) groups is 2. The third-order valence-electron chi connectivity index (χ3n) is 4.32. The number of benzene rings is 3. The zero-order valence-electron chi connectivity index (χ0n) is 16.5. The number of hydrogen-bond acceptors (Lipinski definition) is 3. The SMILES string of the molecule is Cc1cc(OCC(=O)Nc2ccc(NC(=O)c3ccccc3)c(Br)c2)cc(C)c1Cl. The molecule has 0 spiro atoms. The Balaban J connectivity index is 1.58. The molecule has 30 heavy (non-hydrogen) atoms. The molecular formula is C23H20BrClN2O3. The summed E-state index contributed by atoms with van der Waals surface area (Å²) in [5, 5.41) is 6.30. The van der Waals surface area contributed by atoms with Crippen LogP contribution < -0.4 is 15.4 Å². The lowest BCUT2D eigenvalue weighted by molar-refractivity contribution is -0.118. The number of aryl methyl sites for hydroxylation is 2. The highest BCUT2D eigenvalue weighted by atomic mass is 79.9. The maximum absolute atomic E-state index is 12.3. The molecule has 0 bridgehead atoms. The van der Waals surface area contributed by atoms with Gasteiger partial charge in [-0.2, -0.15) is 0 Å².